The van der Waals surface area contributed by atoms with Crippen molar-refractivity contribution in [3.63, 3.8) is 0 Å². The van der Waals surface area contributed by atoms with E-state index in [1.165, 1.54) is 4.52 Å². The summed E-state index contributed by atoms with van der Waals surface area (Å²) in [5.41, 5.74) is 1.60. The minimum absolute atomic E-state index is 0.0486. The summed E-state index contributed by atoms with van der Waals surface area (Å²) in [6.45, 7) is 6.15. The van der Waals surface area contributed by atoms with Gasteiger partial charge >= 0.3 is 0 Å². The minimum Gasteiger partial charge on any atom is -0.276 e. The lowest BCUT2D eigenvalue weighted by atomic mass is 10.1. The molecule has 0 bridgehead atoms. The highest BCUT2D eigenvalue weighted by atomic mass is 16.1. The molecule has 0 saturated heterocycles. The van der Waals surface area contributed by atoms with E-state index in [0.29, 0.717) is 11.6 Å². The zero-order valence-electron chi connectivity index (χ0n) is 9.24. The predicted molar refractivity (Wildman–Crippen MR) is 59.1 cm³/mol. The van der Waals surface area contributed by atoms with Crippen LogP contribution < -0.4 is 5.56 Å². The van der Waals surface area contributed by atoms with Gasteiger partial charge < -0.3 is 0 Å². The summed E-state index contributed by atoms with van der Waals surface area (Å²) in [6.07, 6.45) is 0.861. The van der Waals surface area contributed by atoms with Crippen molar-refractivity contribution in [2.24, 2.45) is 5.92 Å². The second kappa shape index (κ2) is 3.53. The van der Waals surface area contributed by atoms with Gasteiger partial charge in [0.2, 0.25) is 0 Å². The monoisotopic (exact) mass is 205 g/mol. The summed E-state index contributed by atoms with van der Waals surface area (Å²) in [5.74, 6) is 1.40. The maximum absolute atomic E-state index is 11.6. The topological polar surface area (TPSA) is 50.2 Å². The van der Waals surface area contributed by atoms with Crippen LogP contribution in [0.15, 0.2) is 16.9 Å². The molecule has 0 spiro atoms. The molecule has 2 heterocycles. The second-order valence-electron chi connectivity index (χ2n) is 4.33. The number of nitrogens with zero attached hydrogens (tertiary/aromatic N) is 2. The Morgan fingerprint density at radius 1 is 1.47 bits per heavy atom. The van der Waals surface area contributed by atoms with E-state index < -0.39 is 0 Å². The number of pyridine rings is 1. The molecule has 0 aliphatic rings. The van der Waals surface area contributed by atoms with E-state index in [2.05, 4.69) is 23.9 Å². The van der Waals surface area contributed by atoms with Crippen molar-refractivity contribution in [2.45, 2.75) is 27.2 Å². The van der Waals surface area contributed by atoms with Crippen LogP contribution in [0, 0.1) is 12.8 Å². The normalized spacial score (nSPS) is 11.5. The van der Waals surface area contributed by atoms with E-state index in [4.69, 9.17) is 0 Å². The van der Waals surface area contributed by atoms with Crippen LogP contribution in [0.1, 0.15) is 25.2 Å². The van der Waals surface area contributed by atoms with Gasteiger partial charge in [0, 0.05) is 12.5 Å². The SMILES string of the molecule is Cc1cc(=O)n2[nH]c(CC(C)C)nc2c1. The third-order valence-corrected chi connectivity index (χ3v) is 2.25. The van der Waals surface area contributed by atoms with E-state index in [1.807, 2.05) is 13.0 Å². The first-order valence-electron chi connectivity index (χ1n) is 5.14. The molecule has 4 nitrogen and oxygen atoms in total. The number of rotatable bonds is 2. The van der Waals surface area contributed by atoms with Gasteiger partial charge in [-0.15, -0.1) is 0 Å². The number of nitrogens with one attached hydrogen (secondary N) is 1. The average Bonchev–Trinajstić information content (AvgIpc) is 2.45. The van der Waals surface area contributed by atoms with Crippen LogP contribution in [0.25, 0.3) is 5.65 Å². The fourth-order valence-electron chi connectivity index (χ4n) is 1.65. The Kier molecular flexibility index (Phi) is 2.34. The lowest BCUT2D eigenvalue weighted by molar-refractivity contribution is 0.619. The number of hydrogen-bond donors (Lipinski definition) is 1. The van der Waals surface area contributed by atoms with E-state index in [1.54, 1.807) is 6.07 Å². The predicted octanol–water partition coefficient (Wildman–Crippen LogP) is 1.53. The molecular formula is C11H15N3O. The number of aryl methyl sites for hydroxylation is 1. The highest BCUT2D eigenvalue weighted by Gasteiger charge is 2.06. The van der Waals surface area contributed by atoms with Crippen molar-refractivity contribution in [3.05, 3.63) is 33.9 Å². The largest absolute Gasteiger partial charge is 0.276 e. The molecule has 0 aromatic carbocycles. The summed E-state index contributed by atoms with van der Waals surface area (Å²) in [7, 11) is 0. The van der Waals surface area contributed by atoms with Crippen LogP contribution in [0.4, 0.5) is 0 Å². The molecule has 4 heteroatoms. The molecule has 2 aromatic rings. The van der Waals surface area contributed by atoms with E-state index >= 15 is 0 Å². The van der Waals surface area contributed by atoms with Gasteiger partial charge in [0.05, 0.1) is 0 Å². The summed E-state index contributed by atoms with van der Waals surface area (Å²) >= 11 is 0. The fourth-order valence-corrected chi connectivity index (χ4v) is 1.65. The summed E-state index contributed by atoms with van der Waals surface area (Å²) < 4.78 is 1.49. The highest BCUT2D eigenvalue weighted by Crippen LogP contribution is 2.05. The third-order valence-electron chi connectivity index (χ3n) is 2.25. The lowest BCUT2D eigenvalue weighted by Gasteiger charge is -1.97. The first-order valence-corrected chi connectivity index (χ1v) is 5.14. The standard InChI is InChI=1S/C11H15N3O/c1-7(2)4-9-12-10-5-8(3)6-11(15)14(10)13-9/h5-7H,4H2,1-3H3,(H,12,13). The molecule has 1 N–H and O–H groups in total. The van der Waals surface area contributed by atoms with Crippen molar-refractivity contribution < 1.29 is 0 Å². The van der Waals surface area contributed by atoms with Gasteiger partial charge in [-0.1, -0.05) is 13.8 Å². The number of hydrogen-bond acceptors (Lipinski definition) is 2. The molecule has 80 valence electrons. The Balaban J connectivity index is 2.55. The fraction of sp³-hybridized carbons (Fsp3) is 0.455. The molecule has 0 atom stereocenters. The molecule has 0 aliphatic carbocycles. The number of fused-ring (bicyclic) bond motifs is 1. The number of H-pyrrole nitrogens is 1. The number of aromatic nitrogens is 3. The second-order valence-corrected chi connectivity index (χ2v) is 4.33. The van der Waals surface area contributed by atoms with Crippen LogP contribution in [0.3, 0.4) is 0 Å². The van der Waals surface area contributed by atoms with E-state index in [0.717, 1.165) is 17.8 Å². The molecule has 0 saturated carbocycles. The Bertz CT molecular complexity index is 536. The first-order chi connectivity index (χ1) is 7.06. The van der Waals surface area contributed by atoms with E-state index in [-0.39, 0.29) is 5.56 Å². The van der Waals surface area contributed by atoms with Gasteiger partial charge in [-0.05, 0) is 24.5 Å². The van der Waals surface area contributed by atoms with Crippen molar-refractivity contribution in [3.8, 4) is 0 Å². The van der Waals surface area contributed by atoms with Crippen LogP contribution in [0.5, 0.6) is 0 Å². The van der Waals surface area contributed by atoms with Crippen molar-refractivity contribution in [1.82, 2.24) is 14.6 Å². The Morgan fingerprint density at radius 2 is 2.20 bits per heavy atom. The molecule has 0 amide bonds. The zero-order valence-corrected chi connectivity index (χ0v) is 9.24. The summed E-state index contributed by atoms with van der Waals surface area (Å²) in [5, 5.41) is 3.02. The van der Waals surface area contributed by atoms with Gasteiger partial charge in [-0.3, -0.25) is 9.89 Å². The third kappa shape index (κ3) is 1.93. The van der Waals surface area contributed by atoms with Gasteiger partial charge in [-0.25, -0.2) is 9.50 Å². The molecular weight excluding hydrogens is 190 g/mol. The Hall–Kier alpha value is -1.58. The van der Waals surface area contributed by atoms with Gasteiger partial charge in [0.15, 0.2) is 5.65 Å². The zero-order chi connectivity index (χ0) is 11.0. The Morgan fingerprint density at radius 3 is 2.87 bits per heavy atom. The molecule has 0 unspecified atom stereocenters. The van der Waals surface area contributed by atoms with Gasteiger partial charge in [0.25, 0.3) is 5.56 Å². The maximum atomic E-state index is 11.6. The van der Waals surface area contributed by atoms with Gasteiger partial charge in [0.1, 0.15) is 5.82 Å². The van der Waals surface area contributed by atoms with E-state index in [9.17, 15) is 4.79 Å². The molecule has 2 rings (SSSR count). The van der Waals surface area contributed by atoms with Crippen molar-refractivity contribution >= 4 is 5.65 Å². The van der Waals surface area contributed by atoms with Crippen LogP contribution >= 0.6 is 0 Å². The quantitative estimate of drug-likeness (QED) is 0.808. The Labute approximate surface area is 87.9 Å². The van der Waals surface area contributed by atoms with Crippen molar-refractivity contribution in [1.29, 1.82) is 0 Å². The molecule has 15 heavy (non-hydrogen) atoms. The minimum atomic E-state index is -0.0486. The highest BCUT2D eigenvalue weighted by molar-refractivity contribution is 5.39. The van der Waals surface area contributed by atoms with Crippen LogP contribution in [-0.4, -0.2) is 14.6 Å². The molecule has 0 aliphatic heterocycles. The average molecular weight is 205 g/mol. The smallest absolute Gasteiger partial charge is 0.271 e. The van der Waals surface area contributed by atoms with Gasteiger partial charge in [-0.2, -0.15) is 0 Å². The molecule has 0 radical (unpaired) electrons. The van der Waals surface area contributed by atoms with Crippen LogP contribution in [-0.2, 0) is 6.42 Å². The van der Waals surface area contributed by atoms with Crippen molar-refractivity contribution in [2.75, 3.05) is 0 Å². The number of aromatic amines is 1. The first kappa shape index (κ1) is 9.96. The van der Waals surface area contributed by atoms with Crippen LogP contribution in [0.2, 0.25) is 0 Å². The molecule has 0 fully saturated rings. The summed E-state index contributed by atoms with van der Waals surface area (Å²) in [6, 6.07) is 3.51. The maximum Gasteiger partial charge on any atom is 0.271 e. The lowest BCUT2D eigenvalue weighted by Crippen LogP contribution is -2.13. The molecule has 2 aromatic heterocycles. The summed E-state index contributed by atoms with van der Waals surface area (Å²) in [4.78, 5) is 16.0.